The molecule has 0 saturated carbocycles. The molecule has 16 heteroatoms. The third-order valence-electron chi connectivity index (χ3n) is 6.37. The van der Waals surface area contributed by atoms with Crippen LogP contribution in [0.2, 0.25) is 0 Å². The monoisotopic (exact) mass is 654 g/mol. The number of piperazine rings is 1. The van der Waals surface area contributed by atoms with E-state index >= 15 is 0 Å². The van der Waals surface area contributed by atoms with Crippen LogP contribution in [-0.4, -0.2) is 122 Å². The molecular formula is C31H34N4O12. The molecule has 2 saturated heterocycles. The van der Waals surface area contributed by atoms with Gasteiger partial charge in [0.1, 0.15) is 11.9 Å². The minimum atomic E-state index is -1.26. The van der Waals surface area contributed by atoms with Crippen LogP contribution in [0, 0.1) is 0 Å². The molecule has 2 aliphatic rings. The average Bonchev–Trinajstić information content (AvgIpc) is 3.36. The number of esters is 1. The Bertz CT molecular complexity index is 1370. The van der Waals surface area contributed by atoms with Crippen LogP contribution in [0.3, 0.4) is 0 Å². The number of benzene rings is 1. The largest absolute Gasteiger partial charge is 0.478 e. The van der Waals surface area contributed by atoms with E-state index in [1.54, 1.807) is 30.5 Å². The molecule has 4 N–H and O–H groups in total. The number of hydrogen-bond donors (Lipinski definition) is 4. The summed E-state index contributed by atoms with van der Waals surface area (Å²) in [6, 6.07) is 14.6. The van der Waals surface area contributed by atoms with Crippen molar-refractivity contribution in [1.29, 1.82) is 0 Å². The first-order valence-corrected chi connectivity index (χ1v) is 14.1. The van der Waals surface area contributed by atoms with Crippen molar-refractivity contribution < 1.29 is 58.7 Å². The predicted octanol–water partition coefficient (Wildman–Crippen LogP) is 1.00. The summed E-state index contributed by atoms with van der Waals surface area (Å²) in [6.07, 6.45) is 3.88. The van der Waals surface area contributed by atoms with Crippen LogP contribution in [-0.2, 0) is 33.5 Å². The van der Waals surface area contributed by atoms with Crippen molar-refractivity contribution in [3.05, 3.63) is 84.6 Å². The number of amides is 2. The Kier molecular flexibility index (Phi) is 15.5. The van der Waals surface area contributed by atoms with Crippen LogP contribution in [0.15, 0.2) is 79.0 Å². The number of anilines is 1. The Morgan fingerprint density at radius 2 is 1.19 bits per heavy atom. The van der Waals surface area contributed by atoms with Crippen molar-refractivity contribution in [3.63, 3.8) is 0 Å². The van der Waals surface area contributed by atoms with Crippen LogP contribution in [0.4, 0.5) is 5.82 Å². The molecule has 250 valence electrons. The van der Waals surface area contributed by atoms with Crippen LogP contribution < -0.4 is 4.90 Å². The Morgan fingerprint density at radius 3 is 1.64 bits per heavy atom. The summed E-state index contributed by atoms with van der Waals surface area (Å²) in [5.74, 6) is -4.93. The number of rotatable bonds is 11. The average molecular weight is 655 g/mol. The smallest absolute Gasteiger partial charge is 0.338 e. The van der Waals surface area contributed by atoms with E-state index in [-0.39, 0.29) is 31.2 Å². The minimum Gasteiger partial charge on any atom is -0.478 e. The second-order valence-corrected chi connectivity index (χ2v) is 9.79. The van der Waals surface area contributed by atoms with E-state index in [0.29, 0.717) is 36.4 Å². The number of aliphatic carboxylic acids is 4. The van der Waals surface area contributed by atoms with Gasteiger partial charge in [0.15, 0.2) is 0 Å². The molecule has 2 aromatic rings. The number of likely N-dealkylation sites (tertiary alicyclic amines) is 1. The minimum absolute atomic E-state index is 0.0939. The number of nitrogens with zero attached hydrogens (tertiary/aromatic N) is 4. The summed E-state index contributed by atoms with van der Waals surface area (Å²) in [4.78, 5) is 85.1. The van der Waals surface area contributed by atoms with Gasteiger partial charge in [0.2, 0.25) is 11.8 Å². The number of hydrogen-bond acceptors (Lipinski definition) is 11. The van der Waals surface area contributed by atoms with E-state index in [4.69, 9.17) is 25.2 Å². The third-order valence-corrected chi connectivity index (χ3v) is 6.37. The SMILES string of the molecule is O=C(O)/C=C\C(=O)O.O=C(O)/C=C\C(=O)O.O=C(OC(CN1CCN(c2ccccn2)CC1)CN1C(=O)CCC1=O)c1ccccc1. The molecule has 0 radical (unpaired) electrons. The number of carbonyl (C=O) groups excluding carboxylic acids is 3. The third kappa shape index (κ3) is 14.6. The zero-order valence-electron chi connectivity index (χ0n) is 25.1. The zero-order valence-corrected chi connectivity index (χ0v) is 25.1. The first-order chi connectivity index (χ1) is 22.3. The van der Waals surface area contributed by atoms with Gasteiger partial charge in [-0.3, -0.25) is 19.4 Å². The van der Waals surface area contributed by atoms with Crippen molar-refractivity contribution >= 4 is 47.5 Å². The van der Waals surface area contributed by atoms with Crippen LogP contribution in [0.5, 0.6) is 0 Å². The maximum absolute atomic E-state index is 12.6. The molecule has 2 aliphatic heterocycles. The molecule has 1 unspecified atom stereocenters. The van der Waals surface area contributed by atoms with Crippen molar-refractivity contribution in [2.24, 2.45) is 0 Å². The molecular weight excluding hydrogens is 620 g/mol. The highest BCUT2D eigenvalue weighted by Crippen LogP contribution is 2.17. The van der Waals surface area contributed by atoms with E-state index in [1.165, 1.54) is 4.90 Å². The van der Waals surface area contributed by atoms with Gasteiger partial charge < -0.3 is 30.1 Å². The van der Waals surface area contributed by atoms with E-state index in [0.717, 1.165) is 32.0 Å². The number of ether oxygens (including phenoxy) is 1. The summed E-state index contributed by atoms with van der Waals surface area (Å²) in [7, 11) is 0. The predicted molar refractivity (Wildman–Crippen MR) is 163 cm³/mol. The number of pyridine rings is 1. The van der Waals surface area contributed by atoms with Crippen LogP contribution >= 0.6 is 0 Å². The molecule has 2 fully saturated rings. The summed E-state index contributed by atoms with van der Waals surface area (Å²) in [6.45, 7) is 3.72. The number of aromatic nitrogens is 1. The lowest BCUT2D eigenvalue weighted by atomic mass is 10.2. The molecule has 1 aromatic heterocycles. The Balaban J connectivity index is 0.000000397. The maximum Gasteiger partial charge on any atom is 0.338 e. The van der Waals surface area contributed by atoms with Gasteiger partial charge in [0.05, 0.1) is 12.1 Å². The molecule has 1 aromatic carbocycles. The molecule has 0 spiro atoms. The van der Waals surface area contributed by atoms with Crippen LogP contribution in [0.25, 0.3) is 0 Å². The molecule has 47 heavy (non-hydrogen) atoms. The standard InChI is InChI=1S/C23H26N4O4.2C4H4O4/c28-21-9-10-22(29)27(21)17-19(31-23(30)18-6-2-1-3-7-18)16-25-12-14-26(15-13-25)20-8-4-5-11-24-20;2*5-3(6)1-2-4(7)8/h1-8,11,19H,9-10,12-17H2;2*1-2H,(H,5,6)(H,7,8)/b;2*2-1-. The van der Waals surface area contributed by atoms with E-state index in [1.807, 2.05) is 24.3 Å². The fourth-order valence-corrected chi connectivity index (χ4v) is 4.23. The lowest BCUT2D eigenvalue weighted by Crippen LogP contribution is -2.51. The quantitative estimate of drug-likeness (QED) is 0.150. The summed E-state index contributed by atoms with van der Waals surface area (Å²) in [5, 5.41) is 31.2. The molecule has 0 bridgehead atoms. The van der Waals surface area contributed by atoms with Gasteiger partial charge in [0, 0.05) is 76.1 Å². The van der Waals surface area contributed by atoms with Gasteiger partial charge in [-0.1, -0.05) is 24.3 Å². The highest BCUT2D eigenvalue weighted by atomic mass is 16.5. The first-order valence-electron chi connectivity index (χ1n) is 14.1. The topological polar surface area (TPSA) is 232 Å². The Morgan fingerprint density at radius 1 is 0.702 bits per heavy atom. The number of imide groups is 1. The highest BCUT2D eigenvalue weighted by molar-refractivity contribution is 6.02. The molecule has 2 amide bonds. The van der Waals surface area contributed by atoms with Crippen LogP contribution in [0.1, 0.15) is 23.2 Å². The number of carbonyl (C=O) groups is 7. The second kappa shape index (κ2) is 19.5. The van der Waals surface area contributed by atoms with E-state index < -0.39 is 36.0 Å². The fourth-order valence-electron chi connectivity index (χ4n) is 4.23. The van der Waals surface area contributed by atoms with Gasteiger partial charge in [-0.25, -0.2) is 29.0 Å². The van der Waals surface area contributed by atoms with Crippen molar-refractivity contribution in [2.75, 3.05) is 44.2 Å². The molecule has 4 rings (SSSR count). The maximum atomic E-state index is 12.6. The summed E-state index contributed by atoms with van der Waals surface area (Å²) >= 11 is 0. The molecule has 0 aliphatic carbocycles. The molecule has 3 heterocycles. The van der Waals surface area contributed by atoms with Gasteiger partial charge in [-0.2, -0.15) is 0 Å². The Hall–Kier alpha value is -5.90. The molecule has 1 atom stereocenters. The normalized spacial score (nSPS) is 15.3. The summed E-state index contributed by atoms with van der Waals surface area (Å²) < 4.78 is 5.76. The Labute approximate surface area is 268 Å². The highest BCUT2D eigenvalue weighted by Gasteiger charge is 2.33. The number of carboxylic acid groups (broad SMARTS) is 4. The summed E-state index contributed by atoms with van der Waals surface area (Å²) in [5.41, 5.74) is 0.451. The van der Waals surface area contributed by atoms with Gasteiger partial charge in [-0.15, -0.1) is 0 Å². The van der Waals surface area contributed by atoms with Gasteiger partial charge in [-0.05, 0) is 24.3 Å². The zero-order chi connectivity index (χ0) is 34.8. The first kappa shape index (κ1) is 37.3. The van der Waals surface area contributed by atoms with E-state index in [2.05, 4.69) is 14.8 Å². The van der Waals surface area contributed by atoms with Crippen molar-refractivity contribution in [1.82, 2.24) is 14.8 Å². The van der Waals surface area contributed by atoms with Crippen molar-refractivity contribution in [2.45, 2.75) is 18.9 Å². The van der Waals surface area contributed by atoms with Crippen molar-refractivity contribution in [3.8, 4) is 0 Å². The molecule has 16 nitrogen and oxygen atoms in total. The van der Waals surface area contributed by atoms with Gasteiger partial charge >= 0.3 is 29.8 Å². The van der Waals surface area contributed by atoms with E-state index in [9.17, 15) is 33.6 Å². The second-order valence-electron chi connectivity index (χ2n) is 9.79. The fraction of sp³-hybridized carbons (Fsp3) is 0.290. The van der Waals surface area contributed by atoms with Gasteiger partial charge in [0.25, 0.3) is 0 Å². The lowest BCUT2D eigenvalue weighted by Gasteiger charge is -2.37. The lowest BCUT2D eigenvalue weighted by molar-refractivity contribution is -0.140. The number of carboxylic acids is 4.